The number of hydrogen-bond donors (Lipinski definition) is 1. The lowest BCUT2D eigenvalue weighted by Crippen LogP contribution is -2.19. The summed E-state index contributed by atoms with van der Waals surface area (Å²) in [5.74, 6) is 1.44. The standard InChI is InChI=1S/C42H39BrO7/c43-21-11-4-12-22-46-42-35(26-44)40-36(45)24-34(47-27-30-13-5-1-6-14-30)25-39(40)50-41(42)33-19-20-37(48-28-31-15-7-2-8-16-31)38(23-33)49-29-32-17-9-3-10-18-32/h1-3,5-10,13-20,23-26,35,45H,4,11-12,21-22,27-29H2. The van der Waals surface area contributed by atoms with Crippen molar-refractivity contribution in [3.05, 3.63) is 155 Å². The summed E-state index contributed by atoms with van der Waals surface area (Å²) in [5, 5.41) is 12.1. The maximum absolute atomic E-state index is 12.8. The molecule has 1 N–H and O–H groups in total. The van der Waals surface area contributed by atoms with Crippen LogP contribution in [0.1, 0.15) is 53.0 Å². The fraction of sp³-hybridized carbons (Fsp3) is 0.214. The third kappa shape index (κ3) is 8.87. The third-order valence-electron chi connectivity index (χ3n) is 8.22. The molecule has 0 spiro atoms. The quantitative estimate of drug-likeness (QED) is 0.0579. The minimum atomic E-state index is -0.907. The molecule has 256 valence electrons. The highest BCUT2D eigenvalue weighted by molar-refractivity contribution is 9.09. The monoisotopic (exact) mass is 734 g/mol. The first-order valence-corrected chi connectivity index (χ1v) is 17.8. The van der Waals surface area contributed by atoms with Crippen molar-refractivity contribution in [1.29, 1.82) is 0 Å². The van der Waals surface area contributed by atoms with Gasteiger partial charge in [-0.3, -0.25) is 0 Å². The molecule has 0 fully saturated rings. The minimum Gasteiger partial charge on any atom is -0.507 e. The van der Waals surface area contributed by atoms with E-state index in [1.54, 1.807) is 6.07 Å². The van der Waals surface area contributed by atoms with E-state index in [0.717, 1.165) is 47.6 Å². The van der Waals surface area contributed by atoms with E-state index in [2.05, 4.69) is 15.9 Å². The number of allylic oxidation sites excluding steroid dienone is 1. The molecule has 5 aromatic carbocycles. The van der Waals surface area contributed by atoms with Crippen LogP contribution in [0.4, 0.5) is 0 Å². The van der Waals surface area contributed by atoms with E-state index in [1.807, 2.05) is 109 Å². The van der Waals surface area contributed by atoms with Gasteiger partial charge in [0.25, 0.3) is 0 Å². The molecule has 1 unspecified atom stereocenters. The van der Waals surface area contributed by atoms with Crippen LogP contribution in [0.15, 0.2) is 127 Å². The number of fused-ring (bicyclic) bond motifs is 1. The van der Waals surface area contributed by atoms with E-state index in [1.165, 1.54) is 6.07 Å². The van der Waals surface area contributed by atoms with Crippen molar-refractivity contribution in [3.63, 3.8) is 0 Å². The summed E-state index contributed by atoms with van der Waals surface area (Å²) >= 11 is 3.48. The summed E-state index contributed by atoms with van der Waals surface area (Å²) in [7, 11) is 0. The molecule has 50 heavy (non-hydrogen) atoms. The lowest BCUT2D eigenvalue weighted by atomic mass is 9.91. The second kappa shape index (κ2) is 17.4. The molecule has 8 heteroatoms. The zero-order valence-electron chi connectivity index (χ0n) is 27.6. The Labute approximate surface area is 301 Å². The molecule has 1 aliphatic rings. The first-order chi connectivity index (χ1) is 24.6. The highest BCUT2D eigenvalue weighted by Gasteiger charge is 2.35. The van der Waals surface area contributed by atoms with Gasteiger partial charge in [0.2, 0.25) is 0 Å². The average Bonchev–Trinajstić information content (AvgIpc) is 3.16. The van der Waals surface area contributed by atoms with Gasteiger partial charge in [0.1, 0.15) is 49.3 Å². The topological polar surface area (TPSA) is 83.5 Å². The van der Waals surface area contributed by atoms with Gasteiger partial charge in [0.15, 0.2) is 23.0 Å². The third-order valence-corrected chi connectivity index (χ3v) is 8.78. The number of halogens is 1. The normalized spacial score (nSPS) is 13.6. The Kier molecular flexibility index (Phi) is 12.1. The van der Waals surface area contributed by atoms with Gasteiger partial charge in [0, 0.05) is 23.0 Å². The van der Waals surface area contributed by atoms with Gasteiger partial charge in [-0.05, 0) is 54.2 Å². The van der Waals surface area contributed by atoms with Crippen LogP contribution < -0.4 is 18.9 Å². The van der Waals surface area contributed by atoms with E-state index in [-0.39, 0.29) is 5.75 Å². The summed E-state index contributed by atoms with van der Waals surface area (Å²) in [5.41, 5.74) is 3.96. The number of phenolic OH excluding ortho intramolecular Hbond substituents is 1. The summed E-state index contributed by atoms with van der Waals surface area (Å²) in [6.07, 6.45) is 3.53. The lowest BCUT2D eigenvalue weighted by molar-refractivity contribution is -0.109. The lowest BCUT2D eigenvalue weighted by Gasteiger charge is -2.29. The number of hydrogen-bond acceptors (Lipinski definition) is 7. The van der Waals surface area contributed by atoms with Crippen LogP contribution in [0.5, 0.6) is 28.7 Å². The molecule has 1 atom stereocenters. The molecule has 0 radical (unpaired) electrons. The predicted molar refractivity (Wildman–Crippen MR) is 197 cm³/mol. The summed E-state index contributed by atoms with van der Waals surface area (Å²) < 4.78 is 31.5. The molecule has 1 aliphatic heterocycles. The fourth-order valence-electron chi connectivity index (χ4n) is 5.63. The van der Waals surface area contributed by atoms with Crippen LogP contribution in [0.2, 0.25) is 0 Å². The molecule has 0 aromatic heterocycles. The number of phenols is 1. The zero-order chi connectivity index (χ0) is 34.5. The van der Waals surface area contributed by atoms with Gasteiger partial charge in [-0.1, -0.05) is 107 Å². The second-order valence-electron chi connectivity index (χ2n) is 11.8. The zero-order valence-corrected chi connectivity index (χ0v) is 29.2. The SMILES string of the molecule is O=CC1C(OCCCCCBr)=C(c2ccc(OCc3ccccc3)c(OCc3ccccc3)c2)Oc2cc(OCc3ccccc3)cc(O)c21. The molecule has 6 rings (SSSR count). The van der Waals surface area contributed by atoms with Gasteiger partial charge in [-0.2, -0.15) is 0 Å². The van der Waals surface area contributed by atoms with E-state index < -0.39 is 5.92 Å². The van der Waals surface area contributed by atoms with Crippen LogP contribution in [0, 0.1) is 0 Å². The Morgan fingerprint density at radius 3 is 1.86 bits per heavy atom. The summed E-state index contributed by atoms with van der Waals surface area (Å²) in [6.45, 7) is 1.35. The van der Waals surface area contributed by atoms with Gasteiger partial charge in [-0.25, -0.2) is 0 Å². The molecule has 0 saturated heterocycles. The van der Waals surface area contributed by atoms with Crippen molar-refractivity contribution < 1.29 is 33.6 Å². The van der Waals surface area contributed by atoms with Crippen molar-refractivity contribution in [2.75, 3.05) is 11.9 Å². The Morgan fingerprint density at radius 2 is 1.26 bits per heavy atom. The van der Waals surface area contributed by atoms with Crippen molar-refractivity contribution in [3.8, 4) is 28.7 Å². The number of unbranched alkanes of at least 4 members (excludes halogenated alkanes) is 2. The van der Waals surface area contributed by atoms with Crippen molar-refractivity contribution in [2.45, 2.75) is 45.0 Å². The van der Waals surface area contributed by atoms with E-state index in [4.69, 9.17) is 23.7 Å². The van der Waals surface area contributed by atoms with E-state index in [9.17, 15) is 9.90 Å². The Morgan fingerprint density at radius 1 is 0.660 bits per heavy atom. The molecule has 1 heterocycles. The molecule has 0 aliphatic carbocycles. The van der Waals surface area contributed by atoms with Crippen LogP contribution in [0.25, 0.3) is 5.76 Å². The van der Waals surface area contributed by atoms with Crippen molar-refractivity contribution >= 4 is 28.0 Å². The molecular weight excluding hydrogens is 696 g/mol. The van der Waals surface area contributed by atoms with Crippen molar-refractivity contribution in [2.24, 2.45) is 0 Å². The number of benzene rings is 5. The molecule has 0 bridgehead atoms. The van der Waals surface area contributed by atoms with E-state index >= 15 is 0 Å². The Bertz CT molecular complexity index is 1880. The maximum atomic E-state index is 12.8. The molecular formula is C42H39BrO7. The van der Waals surface area contributed by atoms with Crippen LogP contribution in [-0.4, -0.2) is 23.3 Å². The van der Waals surface area contributed by atoms with Gasteiger partial charge >= 0.3 is 0 Å². The van der Waals surface area contributed by atoms with Crippen molar-refractivity contribution in [1.82, 2.24) is 0 Å². The Balaban J connectivity index is 1.35. The number of ether oxygens (including phenoxy) is 5. The number of alkyl halides is 1. The van der Waals surface area contributed by atoms with Crippen LogP contribution in [-0.2, 0) is 29.4 Å². The summed E-state index contributed by atoms with van der Waals surface area (Å²) in [6, 6.07) is 38.3. The highest BCUT2D eigenvalue weighted by atomic mass is 79.9. The molecule has 0 saturated carbocycles. The maximum Gasteiger partial charge on any atom is 0.173 e. The van der Waals surface area contributed by atoms with Crippen LogP contribution >= 0.6 is 15.9 Å². The van der Waals surface area contributed by atoms with Gasteiger partial charge in [0.05, 0.1) is 12.2 Å². The summed E-state index contributed by atoms with van der Waals surface area (Å²) in [4.78, 5) is 12.8. The first kappa shape index (κ1) is 34.6. The Hall–Kier alpha value is -5.21. The largest absolute Gasteiger partial charge is 0.507 e. The average molecular weight is 736 g/mol. The van der Waals surface area contributed by atoms with Gasteiger partial charge < -0.3 is 33.6 Å². The smallest absolute Gasteiger partial charge is 0.173 e. The fourth-order valence-corrected chi connectivity index (χ4v) is 6.03. The predicted octanol–water partition coefficient (Wildman–Crippen LogP) is 9.75. The number of carbonyl (C=O) groups is 1. The van der Waals surface area contributed by atoms with Crippen LogP contribution in [0.3, 0.4) is 0 Å². The number of carbonyl (C=O) groups excluding carboxylic acids is 1. The number of rotatable bonds is 17. The number of aromatic hydroxyl groups is 1. The van der Waals surface area contributed by atoms with E-state index in [0.29, 0.717) is 72.1 Å². The second-order valence-corrected chi connectivity index (χ2v) is 12.6. The first-order valence-electron chi connectivity index (χ1n) is 16.7. The molecule has 0 amide bonds. The highest BCUT2D eigenvalue weighted by Crippen LogP contribution is 2.48. The van der Waals surface area contributed by atoms with Gasteiger partial charge in [-0.15, -0.1) is 0 Å². The molecule has 5 aromatic rings. The minimum absolute atomic E-state index is 0.112. The molecule has 7 nitrogen and oxygen atoms in total. The number of aldehydes is 1.